The van der Waals surface area contributed by atoms with Crippen molar-refractivity contribution in [2.45, 2.75) is 6.42 Å². The van der Waals surface area contributed by atoms with E-state index in [4.69, 9.17) is 0 Å². The average molecular weight is 275 g/mol. The molecule has 2 nitrogen and oxygen atoms in total. The Hall–Kier alpha value is -2.23. The molecule has 104 valence electrons. The highest BCUT2D eigenvalue weighted by Gasteiger charge is 2.13. The fraction of sp³-hybridized carbons (Fsp3) is 0.188. The van der Waals surface area contributed by atoms with E-state index in [1.54, 1.807) is 36.2 Å². The molecule has 0 aliphatic heterocycles. The molecule has 2 aromatic rings. The number of Topliss-reactive ketones (excluding diaryl/α,β-unsaturated/α-hetero) is 1. The monoisotopic (exact) mass is 275 g/mol. The summed E-state index contributed by atoms with van der Waals surface area (Å²) < 4.78 is 27.0. The maximum Gasteiger partial charge on any atom is 0.167 e. The fourth-order valence-corrected chi connectivity index (χ4v) is 1.97. The lowest BCUT2D eigenvalue weighted by molar-refractivity contribution is 0.0981. The van der Waals surface area contributed by atoms with Crippen molar-refractivity contribution < 1.29 is 13.6 Å². The van der Waals surface area contributed by atoms with Crippen LogP contribution in [-0.2, 0) is 0 Å². The van der Waals surface area contributed by atoms with Gasteiger partial charge < -0.3 is 4.90 Å². The van der Waals surface area contributed by atoms with E-state index in [0.717, 1.165) is 0 Å². The van der Waals surface area contributed by atoms with Crippen LogP contribution in [0.4, 0.5) is 14.5 Å². The summed E-state index contributed by atoms with van der Waals surface area (Å²) in [5.41, 5.74) is 0.503. The SMILES string of the molecule is CN(CCC(=O)c1ccccc1F)c1ccccc1F. The molecular formula is C16H15F2NO. The summed E-state index contributed by atoms with van der Waals surface area (Å²) in [7, 11) is 1.70. The minimum atomic E-state index is -0.522. The van der Waals surface area contributed by atoms with Gasteiger partial charge in [0.15, 0.2) is 5.78 Å². The molecule has 0 aromatic heterocycles. The summed E-state index contributed by atoms with van der Waals surface area (Å²) >= 11 is 0. The first kappa shape index (κ1) is 14.2. The van der Waals surface area contributed by atoms with Crippen LogP contribution in [0.5, 0.6) is 0 Å². The highest BCUT2D eigenvalue weighted by atomic mass is 19.1. The van der Waals surface area contributed by atoms with Gasteiger partial charge in [0.2, 0.25) is 0 Å². The Balaban J connectivity index is 2.01. The third-order valence-electron chi connectivity index (χ3n) is 3.11. The van der Waals surface area contributed by atoms with Gasteiger partial charge in [0, 0.05) is 20.0 Å². The average Bonchev–Trinajstić information content (AvgIpc) is 2.45. The Labute approximate surface area is 116 Å². The molecule has 0 fully saturated rings. The maximum atomic E-state index is 13.6. The predicted octanol–water partition coefficient (Wildman–Crippen LogP) is 3.67. The molecule has 2 aromatic carbocycles. The number of carbonyl (C=O) groups excluding carboxylic acids is 1. The molecule has 2 rings (SSSR count). The Morgan fingerprint density at radius 3 is 2.25 bits per heavy atom. The van der Waals surface area contributed by atoms with Gasteiger partial charge >= 0.3 is 0 Å². The van der Waals surface area contributed by atoms with Crippen LogP contribution in [-0.4, -0.2) is 19.4 Å². The number of benzene rings is 2. The molecule has 0 amide bonds. The van der Waals surface area contributed by atoms with Gasteiger partial charge in [-0.15, -0.1) is 0 Å². The predicted molar refractivity (Wildman–Crippen MR) is 75.0 cm³/mol. The lowest BCUT2D eigenvalue weighted by Crippen LogP contribution is -2.22. The lowest BCUT2D eigenvalue weighted by atomic mass is 10.1. The highest BCUT2D eigenvalue weighted by Crippen LogP contribution is 2.18. The zero-order chi connectivity index (χ0) is 14.5. The zero-order valence-corrected chi connectivity index (χ0v) is 11.1. The summed E-state index contributed by atoms with van der Waals surface area (Å²) in [6, 6.07) is 12.2. The van der Waals surface area contributed by atoms with Crippen LogP contribution in [0, 0.1) is 11.6 Å². The first-order valence-electron chi connectivity index (χ1n) is 6.33. The molecule has 0 spiro atoms. The molecule has 0 saturated carbocycles. The van der Waals surface area contributed by atoms with E-state index in [-0.39, 0.29) is 23.6 Å². The van der Waals surface area contributed by atoms with Crippen LogP contribution >= 0.6 is 0 Å². The van der Waals surface area contributed by atoms with E-state index in [1.165, 1.54) is 24.3 Å². The topological polar surface area (TPSA) is 20.3 Å². The molecular weight excluding hydrogens is 260 g/mol. The molecule has 20 heavy (non-hydrogen) atoms. The Bertz CT molecular complexity index is 613. The van der Waals surface area contributed by atoms with Crippen molar-refractivity contribution in [3.05, 3.63) is 65.7 Å². The van der Waals surface area contributed by atoms with Crippen molar-refractivity contribution in [3.63, 3.8) is 0 Å². The smallest absolute Gasteiger partial charge is 0.167 e. The van der Waals surface area contributed by atoms with Crippen molar-refractivity contribution in [2.75, 3.05) is 18.5 Å². The van der Waals surface area contributed by atoms with E-state index in [9.17, 15) is 13.6 Å². The minimum absolute atomic E-state index is 0.0782. The molecule has 0 atom stereocenters. The van der Waals surface area contributed by atoms with Gasteiger partial charge in [-0.25, -0.2) is 8.78 Å². The van der Waals surface area contributed by atoms with E-state index >= 15 is 0 Å². The standard InChI is InChI=1S/C16H15F2NO/c1-19(15-9-5-4-8-14(15)18)11-10-16(20)12-6-2-3-7-13(12)17/h2-9H,10-11H2,1H3. The normalized spacial score (nSPS) is 10.3. The summed E-state index contributed by atoms with van der Waals surface area (Å²) in [4.78, 5) is 13.6. The number of nitrogens with zero attached hydrogens (tertiary/aromatic N) is 1. The van der Waals surface area contributed by atoms with Crippen molar-refractivity contribution >= 4 is 11.5 Å². The van der Waals surface area contributed by atoms with Gasteiger partial charge in [0.25, 0.3) is 0 Å². The third-order valence-corrected chi connectivity index (χ3v) is 3.11. The number of carbonyl (C=O) groups is 1. The number of para-hydroxylation sites is 1. The molecule has 4 heteroatoms. The number of hydrogen-bond acceptors (Lipinski definition) is 2. The maximum absolute atomic E-state index is 13.6. The van der Waals surface area contributed by atoms with Crippen molar-refractivity contribution in [3.8, 4) is 0 Å². The number of rotatable bonds is 5. The van der Waals surface area contributed by atoms with E-state index < -0.39 is 5.82 Å². The Morgan fingerprint density at radius 2 is 1.60 bits per heavy atom. The van der Waals surface area contributed by atoms with Crippen molar-refractivity contribution in [1.29, 1.82) is 0 Å². The summed E-state index contributed by atoms with van der Waals surface area (Å²) in [6.45, 7) is 0.327. The first-order valence-corrected chi connectivity index (χ1v) is 6.33. The number of halogens is 2. The summed E-state index contributed by atoms with van der Waals surface area (Å²) in [6.07, 6.45) is 0.131. The van der Waals surface area contributed by atoms with Crippen LogP contribution in [0.25, 0.3) is 0 Å². The highest BCUT2D eigenvalue weighted by molar-refractivity contribution is 5.96. The Kier molecular flexibility index (Phi) is 4.45. The van der Waals surface area contributed by atoms with Crippen LogP contribution in [0.1, 0.15) is 16.8 Å². The Morgan fingerprint density at radius 1 is 1.00 bits per heavy atom. The second-order valence-corrected chi connectivity index (χ2v) is 4.53. The second-order valence-electron chi connectivity index (χ2n) is 4.53. The molecule has 0 aliphatic rings. The molecule has 0 heterocycles. The third kappa shape index (κ3) is 3.20. The molecule has 0 aliphatic carbocycles. The van der Waals surface area contributed by atoms with Gasteiger partial charge in [-0.2, -0.15) is 0 Å². The van der Waals surface area contributed by atoms with E-state index in [2.05, 4.69) is 0 Å². The van der Waals surface area contributed by atoms with Crippen LogP contribution in [0.3, 0.4) is 0 Å². The lowest BCUT2D eigenvalue weighted by Gasteiger charge is -2.19. The van der Waals surface area contributed by atoms with E-state index in [0.29, 0.717) is 12.2 Å². The number of anilines is 1. The van der Waals surface area contributed by atoms with Gasteiger partial charge in [-0.3, -0.25) is 4.79 Å². The van der Waals surface area contributed by atoms with Crippen molar-refractivity contribution in [1.82, 2.24) is 0 Å². The van der Waals surface area contributed by atoms with Gasteiger partial charge in [-0.05, 0) is 24.3 Å². The number of ketones is 1. The first-order chi connectivity index (χ1) is 9.59. The zero-order valence-electron chi connectivity index (χ0n) is 11.1. The van der Waals surface area contributed by atoms with E-state index in [1.807, 2.05) is 0 Å². The molecule has 0 bridgehead atoms. The fourth-order valence-electron chi connectivity index (χ4n) is 1.97. The van der Waals surface area contributed by atoms with Gasteiger partial charge in [0.1, 0.15) is 11.6 Å². The minimum Gasteiger partial charge on any atom is -0.372 e. The molecule has 0 N–H and O–H groups in total. The van der Waals surface area contributed by atoms with Gasteiger partial charge in [-0.1, -0.05) is 24.3 Å². The quantitative estimate of drug-likeness (QED) is 0.776. The largest absolute Gasteiger partial charge is 0.372 e. The summed E-state index contributed by atoms with van der Waals surface area (Å²) in [5, 5.41) is 0. The molecule has 0 radical (unpaired) electrons. The van der Waals surface area contributed by atoms with Gasteiger partial charge in [0.05, 0.1) is 11.3 Å². The van der Waals surface area contributed by atoms with Crippen LogP contribution in [0.15, 0.2) is 48.5 Å². The summed E-state index contributed by atoms with van der Waals surface area (Å²) in [5.74, 6) is -1.15. The van der Waals surface area contributed by atoms with Crippen LogP contribution < -0.4 is 4.90 Å². The molecule has 0 saturated heterocycles. The van der Waals surface area contributed by atoms with Crippen molar-refractivity contribution in [2.24, 2.45) is 0 Å². The number of hydrogen-bond donors (Lipinski definition) is 0. The second kappa shape index (κ2) is 6.28. The molecule has 0 unspecified atom stereocenters. The van der Waals surface area contributed by atoms with Crippen LogP contribution in [0.2, 0.25) is 0 Å².